The quantitative estimate of drug-likeness (QED) is 0.622. The van der Waals surface area contributed by atoms with Gasteiger partial charge in [-0.2, -0.15) is 0 Å². The molecule has 0 N–H and O–H groups in total. The van der Waals surface area contributed by atoms with E-state index >= 15 is 0 Å². The molecule has 1 aliphatic heterocycles. The molecule has 152 valence electrons. The van der Waals surface area contributed by atoms with Crippen molar-refractivity contribution in [1.82, 2.24) is 0 Å². The third kappa shape index (κ3) is 2.65. The van der Waals surface area contributed by atoms with Crippen LogP contribution in [0.5, 0.6) is 0 Å². The first-order valence-electron chi connectivity index (χ1n) is 11.3. The van der Waals surface area contributed by atoms with E-state index in [1.54, 1.807) is 6.92 Å². The molecule has 0 amide bonds. The number of carbonyl (C=O) groups excluding carboxylic acids is 1. The molecule has 0 bridgehead atoms. The van der Waals surface area contributed by atoms with Crippen LogP contribution in [0.3, 0.4) is 0 Å². The third-order valence-corrected chi connectivity index (χ3v) is 9.62. The van der Waals surface area contributed by atoms with Crippen molar-refractivity contribution in [3.8, 4) is 0 Å². The van der Waals surface area contributed by atoms with Crippen LogP contribution in [0.25, 0.3) is 0 Å². The Morgan fingerprint density at radius 2 is 1.63 bits per heavy atom. The van der Waals surface area contributed by atoms with Crippen molar-refractivity contribution in [1.29, 1.82) is 0 Å². The summed E-state index contributed by atoms with van der Waals surface area (Å²) in [6.07, 6.45) is 11.1. The van der Waals surface area contributed by atoms with E-state index < -0.39 is 0 Å². The van der Waals surface area contributed by atoms with Gasteiger partial charge >= 0.3 is 5.97 Å². The molecule has 4 heteroatoms. The van der Waals surface area contributed by atoms with E-state index in [0.29, 0.717) is 11.3 Å². The fraction of sp³-hybridized carbons (Fsp3) is 0.957. The van der Waals surface area contributed by atoms with Gasteiger partial charge in [0.1, 0.15) is 6.10 Å². The van der Waals surface area contributed by atoms with Crippen molar-refractivity contribution >= 4 is 5.97 Å². The Hall–Kier alpha value is -0.610. The molecule has 0 aromatic heterocycles. The molecule has 0 aromatic carbocycles. The van der Waals surface area contributed by atoms with Gasteiger partial charge in [-0.3, -0.25) is 4.79 Å². The monoisotopic (exact) mass is 376 g/mol. The van der Waals surface area contributed by atoms with Gasteiger partial charge in [-0.1, -0.05) is 13.8 Å². The molecule has 4 saturated carbocycles. The average molecular weight is 377 g/mol. The van der Waals surface area contributed by atoms with E-state index in [-0.39, 0.29) is 23.3 Å². The minimum Gasteiger partial charge on any atom is -0.462 e. The van der Waals surface area contributed by atoms with Gasteiger partial charge in [0.05, 0.1) is 13.2 Å². The molecule has 0 unspecified atom stereocenters. The van der Waals surface area contributed by atoms with Gasteiger partial charge < -0.3 is 14.2 Å². The fourth-order valence-corrected chi connectivity index (χ4v) is 8.44. The zero-order valence-corrected chi connectivity index (χ0v) is 17.3. The van der Waals surface area contributed by atoms with Gasteiger partial charge in [0.2, 0.25) is 0 Å². The number of esters is 1. The Labute approximate surface area is 163 Å². The summed E-state index contributed by atoms with van der Waals surface area (Å²) in [5, 5.41) is 0. The van der Waals surface area contributed by atoms with E-state index in [1.165, 1.54) is 38.5 Å². The highest BCUT2D eigenvalue weighted by Crippen LogP contribution is 2.67. The van der Waals surface area contributed by atoms with Crippen molar-refractivity contribution in [3.63, 3.8) is 0 Å². The van der Waals surface area contributed by atoms with Crippen LogP contribution in [0, 0.1) is 34.5 Å². The summed E-state index contributed by atoms with van der Waals surface area (Å²) in [6, 6.07) is 0. The van der Waals surface area contributed by atoms with Crippen LogP contribution in [-0.2, 0) is 19.0 Å². The molecule has 1 spiro atoms. The second kappa shape index (κ2) is 6.19. The minimum atomic E-state index is -0.288. The topological polar surface area (TPSA) is 44.8 Å². The molecule has 0 aromatic rings. The largest absolute Gasteiger partial charge is 0.462 e. The molecule has 4 nitrogen and oxygen atoms in total. The van der Waals surface area contributed by atoms with E-state index in [9.17, 15) is 4.79 Å². The van der Waals surface area contributed by atoms with E-state index in [2.05, 4.69) is 13.8 Å². The summed E-state index contributed by atoms with van der Waals surface area (Å²) < 4.78 is 18.1. The molecule has 27 heavy (non-hydrogen) atoms. The second-order valence-electron chi connectivity index (χ2n) is 10.7. The summed E-state index contributed by atoms with van der Waals surface area (Å²) in [5.41, 5.74) is 0.523. The smallest absolute Gasteiger partial charge is 0.302 e. The zero-order chi connectivity index (χ0) is 18.9. The Morgan fingerprint density at radius 3 is 2.37 bits per heavy atom. The van der Waals surface area contributed by atoms with Gasteiger partial charge in [0, 0.05) is 25.2 Å². The first kappa shape index (κ1) is 18.4. The maximum absolute atomic E-state index is 11.6. The van der Waals surface area contributed by atoms with Gasteiger partial charge in [-0.15, -0.1) is 0 Å². The highest BCUT2D eigenvalue weighted by molar-refractivity contribution is 5.66. The minimum absolute atomic E-state index is 0.107. The first-order chi connectivity index (χ1) is 12.9. The normalized spacial score (nSPS) is 50.7. The summed E-state index contributed by atoms with van der Waals surface area (Å²) in [7, 11) is 0. The van der Waals surface area contributed by atoms with Crippen LogP contribution in [0.1, 0.15) is 78.6 Å². The summed E-state index contributed by atoms with van der Waals surface area (Å²) in [5.74, 6) is 2.69. The Kier molecular flexibility index (Phi) is 4.22. The lowest BCUT2D eigenvalue weighted by Crippen LogP contribution is -2.57. The van der Waals surface area contributed by atoms with Gasteiger partial charge in [-0.05, 0) is 74.0 Å². The molecule has 5 fully saturated rings. The number of ether oxygens (including phenoxy) is 3. The lowest BCUT2D eigenvalue weighted by atomic mass is 9.44. The van der Waals surface area contributed by atoms with Crippen molar-refractivity contribution in [2.24, 2.45) is 34.5 Å². The lowest BCUT2D eigenvalue weighted by molar-refractivity contribution is -0.239. The molecular formula is C23H36O4. The van der Waals surface area contributed by atoms with Crippen molar-refractivity contribution in [2.75, 3.05) is 13.2 Å². The molecule has 0 radical (unpaired) electrons. The van der Waals surface area contributed by atoms with Crippen LogP contribution in [0.15, 0.2) is 0 Å². The number of fused-ring (bicyclic) bond motifs is 5. The van der Waals surface area contributed by atoms with Gasteiger partial charge in [0.25, 0.3) is 0 Å². The number of hydrogen-bond donors (Lipinski definition) is 0. The number of carbonyl (C=O) groups is 1. The van der Waals surface area contributed by atoms with Crippen molar-refractivity contribution in [3.05, 3.63) is 0 Å². The first-order valence-corrected chi connectivity index (χ1v) is 11.3. The van der Waals surface area contributed by atoms with E-state index in [1.807, 2.05) is 0 Å². The lowest BCUT2D eigenvalue weighted by Gasteiger charge is -2.62. The molecule has 7 atom stereocenters. The SMILES string of the molecule is CC(=O)O[C@@H]1CC[C@@H]2[C@@H]3CC[C@H]4CCC5(C[C@]4(C)[C@H]3CC[C@]21C)OCCO5. The predicted octanol–water partition coefficient (Wildman–Crippen LogP) is 4.70. The average Bonchev–Trinajstić information content (AvgIpc) is 3.19. The number of hydrogen-bond acceptors (Lipinski definition) is 4. The second-order valence-corrected chi connectivity index (χ2v) is 10.7. The maximum atomic E-state index is 11.6. The highest BCUT2D eigenvalue weighted by atomic mass is 16.7. The molecule has 5 aliphatic rings. The Bertz CT molecular complexity index is 611. The van der Waals surface area contributed by atoms with Crippen molar-refractivity contribution < 1.29 is 19.0 Å². The Morgan fingerprint density at radius 1 is 0.889 bits per heavy atom. The van der Waals surface area contributed by atoms with E-state index in [0.717, 1.165) is 50.2 Å². The Balaban J connectivity index is 1.41. The van der Waals surface area contributed by atoms with Crippen LogP contribution in [-0.4, -0.2) is 31.1 Å². The molecule has 1 heterocycles. The molecule has 4 aliphatic carbocycles. The molecule has 1 saturated heterocycles. The summed E-state index contributed by atoms with van der Waals surface area (Å²) >= 11 is 0. The van der Waals surface area contributed by atoms with Crippen LogP contribution < -0.4 is 0 Å². The molecular weight excluding hydrogens is 340 g/mol. The summed E-state index contributed by atoms with van der Waals surface area (Å²) in [4.78, 5) is 11.6. The fourth-order valence-electron chi connectivity index (χ4n) is 8.44. The van der Waals surface area contributed by atoms with E-state index in [4.69, 9.17) is 14.2 Å². The summed E-state index contributed by atoms with van der Waals surface area (Å²) in [6.45, 7) is 8.06. The van der Waals surface area contributed by atoms with Crippen LogP contribution in [0.4, 0.5) is 0 Å². The predicted molar refractivity (Wildman–Crippen MR) is 102 cm³/mol. The zero-order valence-electron chi connectivity index (χ0n) is 17.3. The standard InChI is InChI=1S/C23H36O4/c1-15(24)27-20-7-6-18-17-5-4-16-8-11-23(25-12-13-26-23)14-22(16,3)19(17)9-10-21(18,20)2/h16-20H,4-14H2,1-3H3/t16-,17-,18+,19-,20+,21+,22-/m0/s1. The highest BCUT2D eigenvalue weighted by Gasteiger charge is 2.63. The van der Waals surface area contributed by atoms with Crippen LogP contribution >= 0.6 is 0 Å². The number of rotatable bonds is 1. The maximum Gasteiger partial charge on any atom is 0.302 e. The van der Waals surface area contributed by atoms with Crippen molar-refractivity contribution in [2.45, 2.75) is 90.4 Å². The van der Waals surface area contributed by atoms with Gasteiger partial charge in [0.15, 0.2) is 5.79 Å². The van der Waals surface area contributed by atoms with Gasteiger partial charge in [-0.25, -0.2) is 0 Å². The molecule has 5 rings (SSSR count). The van der Waals surface area contributed by atoms with Crippen LogP contribution in [0.2, 0.25) is 0 Å². The third-order valence-electron chi connectivity index (χ3n) is 9.62.